The van der Waals surface area contributed by atoms with E-state index in [0.29, 0.717) is 22.4 Å². The highest BCUT2D eigenvalue weighted by Crippen LogP contribution is 2.27. The van der Waals surface area contributed by atoms with Gasteiger partial charge in [0.25, 0.3) is 5.91 Å². The van der Waals surface area contributed by atoms with E-state index < -0.39 is 17.8 Å². The lowest BCUT2D eigenvalue weighted by atomic mass is 10.1. The Morgan fingerprint density at radius 3 is 2.15 bits per heavy atom. The maximum absolute atomic E-state index is 12.6. The minimum absolute atomic E-state index is 0.0573. The van der Waals surface area contributed by atoms with Crippen LogP contribution in [0.15, 0.2) is 54.1 Å². The number of anilines is 1. The summed E-state index contributed by atoms with van der Waals surface area (Å²) in [5.74, 6) is -2.39. The van der Waals surface area contributed by atoms with E-state index in [9.17, 15) is 19.2 Å². The molecule has 7 nitrogen and oxygen atoms in total. The first-order chi connectivity index (χ1) is 12.9. The van der Waals surface area contributed by atoms with E-state index in [4.69, 9.17) is 5.11 Å². The summed E-state index contributed by atoms with van der Waals surface area (Å²) in [6, 6.07) is 12.0. The maximum Gasteiger partial charge on any atom is 0.337 e. The van der Waals surface area contributed by atoms with Crippen molar-refractivity contribution < 1.29 is 29.0 Å². The number of nitrogens with zero attached hydrogens (tertiary/aromatic N) is 1. The Hall–Kier alpha value is -3.74. The molecule has 0 aromatic heterocycles. The average Bonchev–Trinajstić information content (AvgIpc) is 2.95. The van der Waals surface area contributed by atoms with Crippen molar-refractivity contribution in [3.63, 3.8) is 0 Å². The largest absolute Gasteiger partial charge is 0.478 e. The number of hydrogen-bond acceptors (Lipinski definition) is 5. The maximum atomic E-state index is 12.6. The van der Waals surface area contributed by atoms with Gasteiger partial charge in [-0.3, -0.25) is 9.59 Å². The molecule has 1 aliphatic heterocycles. The van der Waals surface area contributed by atoms with Crippen LogP contribution in [-0.4, -0.2) is 36.0 Å². The van der Waals surface area contributed by atoms with Crippen molar-refractivity contribution in [1.82, 2.24) is 0 Å². The van der Waals surface area contributed by atoms with Crippen LogP contribution < -0.4 is 4.90 Å². The molecule has 2 aromatic rings. The van der Waals surface area contributed by atoms with E-state index >= 15 is 0 Å². The normalized spacial score (nSPS) is 15.3. The molecule has 1 fully saturated rings. The molecular weight excluding hydrogens is 350 g/mol. The summed E-state index contributed by atoms with van der Waals surface area (Å²) in [5.41, 5.74) is 1.75. The van der Waals surface area contributed by atoms with Gasteiger partial charge in [0.05, 0.1) is 30.3 Å². The Morgan fingerprint density at radius 2 is 1.59 bits per heavy atom. The number of carbonyl (C=O) groups is 4. The molecule has 1 N–H and O–H groups in total. The van der Waals surface area contributed by atoms with Crippen molar-refractivity contribution in [2.24, 2.45) is 0 Å². The summed E-state index contributed by atoms with van der Waals surface area (Å²) < 4.78 is 4.63. The van der Waals surface area contributed by atoms with Crippen LogP contribution >= 0.6 is 0 Å². The van der Waals surface area contributed by atoms with Crippen LogP contribution in [0.3, 0.4) is 0 Å². The predicted molar refractivity (Wildman–Crippen MR) is 96.3 cm³/mol. The Balaban J connectivity index is 1.84. The van der Waals surface area contributed by atoms with Crippen LogP contribution in [0.5, 0.6) is 0 Å². The molecule has 136 valence electrons. The quantitative estimate of drug-likeness (QED) is 0.508. The Kier molecular flexibility index (Phi) is 4.85. The number of rotatable bonds is 4. The molecule has 0 atom stereocenters. The van der Waals surface area contributed by atoms with E-state index in [1.165, 1.54) is 31.4 Å². The molecule has 0 unspecified atom stereocenters. The molecule has 0 saturated carbocycles. The first-order valence-electron chi connectivity index (χ1n) is 8.00. The number of ether oxygens (including phenoxy) is 1. The van der Waals surface area contributed by atoms with Gasteiger partial charge in [-0.1, -0.05) is 12.1 Å². The SMILES string of the molecule is COC(=O)c1ccc(C=C2CC(=O)N(c3ccc(C(=O)O)cc3)C2=O)cc1. The van der Waals surface area contributed by atoms with Crippen molar-refractivity contribution in [3.05, 3.63) is 70.8 Å². The van der Waals surface area contributed by atoms with Gasteiger partial charge < -0.3 is 9.84 Å². The van der Waals surface area contributed by atoms with Crippen LogP contribution in [0.4, 0.5) is 5.69 Å². The first kappa shape index (κ1) is 18.1. The predicted octanol–water partition coefficient (Wildman–Crippen LogP) is 2.52. The summed E-state index contributed by atoms with van der Waals surface area (Å²) in [7, 11) is 1.29. The molecule has 3 rings (SSSR count). The van der Waals surface area contributed by atoms with E-state index in [-0.39, 0.29) is 17.9 Å². The monoisotopic (exact) mass is 365 g/mol. The fourth-order valence-electron chi connectivity index (χ4n) is 2.74. The van der Waals surface area contributed by atoms with Gasteiger partial charge in [-0.05, 0) is 48.0 Å². The van der Waals surface area contributed by atoms with E-state index in [1.807, 2.05) is 0 Å². The molecule has 1 aliphatic rings. The molecule has 1 saturated heterocycles. The molecule has 7 heteroatoms. The molecular formula is C20H15NO6. The van der Waals surface area contributed by atoms with Crippen LogP contribution in [0, 0.1) is 0 Å². The summed E-state index contributed by atoms with van der Waals surface area (Å²) in [6.45, 7) is 0. The van der Waals surface area contributed by atoms with Gasteiger partial charge in [-0.2, -0.15) is 0 Å². The molecule has 0 aliphatic carbocycles. The third-order valence-corrected chi connectivity index (χ3v) is 4.11. The van der Waals surface area contributed by atoms with Gasteiger partial charge in [-0.15, -0.1) is 0 Å². The summed E-state index contributed by atoms with van der Waals surface area (Å²) in [5, 5.41) is 8.94. The number of carboxylic acids is 1. The number of amides is 2. The van der Waals surface area contributed by atoms with Gasteiger partial charge in [0.1, 0.15) is 0 Å². The zero-order valence-corrected chi connectivity index (χ0v) is 14.3. The number of carbonyl (C=O) groups excluding carboxylic acids is 3. The second-order valence-corrected chi connectivity index (χ2v) is 5.85. The molecule has 2 amide bonds. The van der Waals surface area contributed by atoms with Crippen molar-refractivity contribution in [3.8, 4) is 0 Å². The number of benzene rings is 2. The standard InChI is InChI=1S/C20H15NO6/c1-27-20(26)14-4-2-12(3-5-14)10-15-11-17(22)21(18(15)23)16-8-6-13(7-9-16)19(24)25/h2-10H,11H2,1H3,(H,24,25). The highest BCUT2D eigenvalue weighted by molar-refractivity contribution is 6.29. The fraction of sp³-hybridized carbons (Fsp3) is 0.100. The van der Waals surface area contributed by atoms with Crippen molar-refractivity contribution >= 4 is 35.5 Å². The summed E-state index contributed by atoms with van der Waals surface area (Å²) in [6.07, 6.45) is 1.53. The Bertz CT molecular complexity index is 957. The van der Waals surface area contributed by atoms with Crippen molar-refractivity contribution in [2.75, 3.05) is 12.0 Å². The molecule has 27 heavy (non-hydrogen) atoms. The number of methoxy groups -OCH3 is 1. The van der Waals surface area contributed by atoms with E-state index in [2.05, 4.69) is 4.74 Å². The molecule has 2 aromatic carbocycles. The highest BCUT2D eigenvalue weighted by Gasteiger charge is 2.34. The van der Waals surface area contributed by atoms with Crippen molar-refractivity contribution in [2.45, 2.75) is 6.42 Å². The number of esters is 1. The van der Waals surface area contributed by atoms with Gasteiger partial charge in [0.2, 0.25) is 5.91 Å². The number of aromatic carboxylic acids is 1. The van der Waals surface area contributed by atoms with Crippen LogP contribution in [0.25, 0.3) is 6.08 Å². The van der Waals surface area contributed by atoms with Gasteiger partial charge in [0, 0.05) is 5.57 Å². The third-order valence-electron chi connectivity index (χ3n) is 4.11. The third kappa shape index (κ3) is 3.62. The van der Waals surface area contributed by atoms with Crippen LogP contribution in [-0.2, 0) is 14.3 Å². The first-order valence-corrected chi connectivity index (χ1v) is 8.00. The molecule has 1 heterocycles. The minimum Gasteiger partial charge on any atom is -0.478 e. The van der Waals surface area contributed by atoms with Crippen LogP contribution in [0.2, 0.25) is 0 Å². The van der Waals surface area contributed by atoms with E-state index in [0.717, 1.165) is 4.90 Å². The van der Waals surface area contributed by atoms with Gasteiger partial charge in [-0.25, -0.2) is 14.5 Å². The molecule has 0 radical (unpaired) electrons. The lowest BCUT2D eigenvalue weighted by Gasteiger charge is -2.13. The topological polar surface area (TPSA) is 101 Å². The fourth-order valence-corrected chi connectivity index (χ4v) is 2.74. The molecule has 0 bridgehead atoms. The zero-order chi connectivity index (χ0) is 19.6. The van der Waals surface area contributed by atoms with Gasteiger partial charge >= 0.3 is 11.9 Å². The lowest BCUT2D eigenvalue weighted by molar-refractivity contribution is -0.120. The Morgan fingerprint density at radius 1 is 1.00 bits per heavy atom. The summed E-state index contributed by atoms with van der Waals surface area (Å²) in [4.78, 5) is 48.3. The summed E-state index contributed by atoms with van der Waals surface area (Å²) >= 11 is 0. The Labute approximate surface area is 154 Å². The van der Waals surface area contributed by atoms with Crippen molar-refractivity contribution in [1.29, 1.82) is 0 Å². The number of hydrogen-bond donors (Lipinski definition) is 1. The number of carboxylic acid groups (broad SMARTS) is 1. The second kappa shape index (κ2) is 7.25. The van der Waals surface area contributed by atoms with Gasteiger partial charge in [0.15, 0.2) is 0 Å². The lowest BCUT2D eigenvalue weighted by Crippen LogP contribution is -2.28. The number of imide groups is 1. The highest BCUT2D eigenvalue weighted by atomic mass is 16.5. The minimum atomic E-state index is -1.09. The van der Waals surface area contributed by atoms with Crippen LogP contribution in [0.1, 0.15) is 32.7 Å². The smallest absolute Gasteiger partial charge is 0.337 e. The molecule has 0 spiro atoms. The van der Waals surface area contributed by atoms with E-state index in [1.54, 1.807) is 30.3 Å². The second-order valence-electron chi connectivity index (χ2n) is 5.85. The average molecular weight is 365 g/mol. The zero-order valence-electron chi connectivity index (χ0n) is 14.3.